The van der Waals surface area contributed by atoms with Crippen LogP contribution in [0.3, 0.4) is 0 Å². The zero-order chi connectivity index (χ0) is 18.8. The maximum absolute atomic E-state index is 12.8. The fourth-order valence-corrected chi connectivity index (χ4v) is 3.94. The number of aromatic nitrogens is 4. The zero-order valence-corrected chi connectivity index (χ0v) is 15.7. The van der Waals surface area contributed by atoms with E-state index in [0.717, 1.165) is 41.3 Å². The summed E-state index contributed by atoms with van der Waals surface area (Å²) in [5.74, 6) is 0. The molecule has 0 unspecified atom stereocenters. The van der Waals surface area contributed by atoms with Crippen LogP contribution in [0.1, 0.15) is 23.9 Å². The van der Waals surface area contributed by atoms with Crippen molar-refractivity contribution >= 4 is 22.6 Å². The van der Waals surface area contributed by atoms with E-state index in [1.807, 2.05) is 41.9 Å². The quantitative estimate of drug-likeness (QED) is 0.720. The van der Waals surface area contributed by atoms with Gasteiger partial charge in [-0.1, -0.05) is 34.8 Å². The lowest BCUT2D eigenvalue weighted by molar-refractivity contribution is 0.204. The molecular weight excluding hydrogens is 364 g/mol. The summed E-state index contributed by atoms with van der Waals surface area (Å²) >= 11 is 1.16. The van der Waals surface area contributed by atoms with Crippen LogP contribution in [-0.2, 0) is 26.1 Å². The van der Waals surface area contributed by atoms with Crippen LogP contribution < -0.4 is 5.32 Å². The Morgan fingerprint density at radius 2 is 2.15 bits per heavy atom. The van der Waals surface area contributed by atoms with Crippen molar-refractivity contribution in [3.63, 3.8) is 0 Å². The molecule has 0 fully saturated rings. The van der Waals surface area contributed by atoms with Crippen LogP contribution in [-0.4, -0.2) is 41.9 Å². The number of fused-ring (bicyclic) bond motifs is 1. The van der Waals surface area contributed by atoms with Crippen LogP contribution in [0.25, 0.3) is 11.3 Å². The molecule has 2 aromatic heterocycles. The molecule has 0 spiro atoms. The molecule has 0 saturated heterocycles. The average Bonchev–Trinajstić information content (AvgIpc) is 3.32. The zero-order valence-electron chi connectivity index (χ0n) is 14.9. The molecule has 1 aliphatic heterocycles. The molecule has 1 aromatic carbocycles. The molecule has 4 rings (SSSR count). The number of aryl methyl sites for hydroxylation is 1. The smallest absolute Gasteiger partial charge is 0.322 e. The van der Waals surface area contributed by atoms with Gasteiger partial charge in [0.15, 0.2) is 0 Å². The topological polar surface area (TPSA) is 96.2 Å². The Balaban J connectivity index is 1.53. The highest BCUT2D eigenvalue weighted by molar-refractivity contribution is 7.10. The van der Waals surface area contributed by atoms with Crippen molar-refractivity contribution in [3.8, 4) is 11.3 Å². The predicted molar refractivity (Wildman–Crippen MR) is 102 cm³/mol. The van der Waals surface area contributed by atoms with Crippen LogP contribution in [0.5, 0.6) is 0 Å². The second-order valence-electron chi connectivity index (χ2n) is 6.26. The fourth-order valence-electron chi connectivity index (χ4n) is 3.36. The number of hydrogen-bond donors (Lipinski definition) is 2. The van der Waals surface area contributed by atoms with Crippen molar-refractivity contribution in [3.05, 3.63) is 47.3 Å². The third-order valence-electron chi connectivity index (χ3n) is 4.71. The molecule has 0 radical (unpaired) electrons. The van der Waals surface area contributed by atoms with Crippen molar-refractivity contribution < 1.29 is 9.90 Å². The van der Waals surface area contributed by atoms with Gasteiger partial charge in [-0.05, 0) is 6.92 Å². The highest BCUT2D eigenvalue weighted by Gasteiger charge is 2.27. The average molecular weight is 384 g/mol. The molecule has 140 valence electrons. The highest BCUT2D eigenvalue weighted by atomic mass is 32.1. The Kier molecular flexibility index (Phi) is 4.87. The number of hydrogen-bond acceptors (Lipinski definition) is 6. The van der Waals surface area contributed by atoms with E-state index < -0.39 is 0 Å². The Labute approximate surface area is 160 Å². The molecule has 8 nitrogen and oxygen atoms in total. The number of nitrogens with one attached hydrogen (secondary N) is 1. The summed E-state index contributed by atoms with van der Waals surface area (Å²) in [6.07, 6.45) is 0.718. The van der Waals surface area contributed by atoms with E-state index in [4.69, 9.17) is 0 Å². The number of anilines is 1. The van der Waals surface area contributed by atoms with Gasteiger partial charge in [0, 0.05) is 47.9 Å². The monoisotopic (exact) mass is 384 g/mol. The lowest BCUT2D eigenvalue weighted by Gasteiger charge is -2.27. The van der Waals surface area contributed by atoms with Crippen LogP contribution in [0, 0.1) is 0 Å². The molecule has 1 aliphatic rings. The number of amides is 2. The number of carbonyl (C=O) groups is 1. The van der Waals surface area contributed by atoms with E-state index in [9.17, 15) is 9.90 Å². The minimum Gasteiger partial charge on any atom is -0.390 e. The van der Waals surface area contributed by atoms with Gasteiger partial charge in [-0.15, -0.1) is 5.10 Å². The number of rotatable bonds is 4. The normalized spacial score (nSPS) is 13.5. The SMILES string of the molecule is CCn1nc(CO)c2c1CCN(C(=O)Nc1snnc1-c1ccccc1)C2. The first-order valence-corrected chi connectivity index (χ1v) is 9.60. The number of benzene rings is 1. The lowest BCUT2D eigenvalue weighted by atomic mass is 10.1. The maximum atomic E-state index is 12.8. The Morgan fingerprint density at radius 1 is 1.33 bits per heavy atom. The molecule has 0 bridgehead atoms. The Hall–Kier alpha value is -2.78. The molecule has 0 aliphatic carbocycles. The van der Waals surface area contributed by atoms with Crippen molar-refractivity contribution in [2.75, 3.05) is 11.9 Å². The number of aliphatic hydroxyl groups is 1. The number of carbonyl (C=O) groups excluding carboxylic acids is 1. The van der Waals surface area contributed by atoms with Crippen LogP contribution in [0.4, 0.5) is 9.80 Å². The lowest BCUT2D eigenvalue weighted by Crippen LogP contribution is -2.39. The summed E-state index contributed by atoms with van der Waals surface area (Å²) in [5, 5.41) is 21.7. The summed E-state index contributed by atoms with van der Waals surface area (Å²) in [6, 6.07) is 9.46. The minimum atomic E-state index is -0.197. The molecule has 3 heterocycles. The second-order valence-corrected chi connectivity index (χ2v) is 7.02. The van der Waals surface area contributed by atoms with Crippen LogP contribution in [0.2, 0.25) is 0 Å². The van der Waals surface area contributed by atoms with E-state index >= 15 is 0 Å². The van der Waals surface area contributed by atoms with E-state index in [1.165, 1.54) is 0 Å². The summed E-state index contributed by atoms with van der Waals surface area (Å²) in [6.45, 7) is 3.69. The van der Waals surface area contributed by atoms with Gasteiger partial charge in [-0.25, -0.2) is 4.79 Å². The van der Waals surface area contributed by atoms with Crippen molar-refractivity contribution in [1.29, 1.82) is 0 Å². The highest BCUT2D eigenvalue weighted by Crippen LogP contribution is 2.29. The minimum absolute atomic E-state index is 0.123. The molecule has 3 aromatic rings. The fraction of sp³-hybridized carbons (Fsp3) is 0.333. The second kappa shape index (κ2) is 7.45. The first-order valence-electron chi connectivity index (χ1n) is 8.83. The molecule has 27 heavy (non-hydrogen) atoms. The van der Waals surface area contributed by atoms with Crippen molar-refractivity contribution in [2.24, 2.45) is 0 Å². The summed E-state index contributed by atoms with van der Waals surface area (Å²) in [5.41, 5.74) is 4.28. The van der Waals surface area contributed by atoms with Gasteiger partial charge in [0.1, 0.15) is 10.7 Å². The Bertz CT molecular complexity index is 952. The molecule has 0 saturated carbocycles. The summed E-state index contributed by atoms with van der Waals surface area (Å²) < 4.78 is 5.90. The molecule has 0 atom stereocenters. The van der Waals surface area contributed by atoms with Crippen molar-refractivity contribution in [2.45, 2.75) is 33.0 Å². The molecular formula is C18H20N6O2S. The third kappa shape index (κ3) is 3.31. The van der Waals surface area contributed by atoms with Gasteiger partial charge >= 0.3 is 6.03 Å². The summed E-state index contributed by atoms with van der Waals surface area (Å²) in [7, 11) is 0. The Morgan fingerprint density at radius 3 is 2.89 bits per heavy atom. The number of nitrogens with zero attached hydrogens (tertiary/aromatic N) is 5. The van der Waals surface area contributed by atoms with Crippen LogP contribution in [0.15, 0.2) is 30.3 Å². The predicted octanol–water partition coefficient (Wildman–Crippen LogP) is 2.50. The molecule has 9 heteroatoms. The van der Waals surface area contributed by atoms with Gasteiger partial charge < -0.3 is 10.0 Å². The van der Waals surface area contributed by atoms with Gasteiger partial charge in [-0.2, -0.15) is 5.10 Å². The largest absolute Gasteiger partial charge is 0.390 e. The van der Waals surface area contributed by atoms with Gasteiger partial charge in [-0.3, -0.25) is 10.00 Å². The first-order chi connectivity index (χ1) is 13.2. The van der Waals surface area contributed by atoms with Gasteiger partial charge in [0.2, 0.25) is 0 Å². The standard InChI is InChI=1S/C18H20N6O2S/c1-2-24-15-8-9-23(10-13(15)14(11-25)21-24)18(26)19-17-16(20-22-27-17)12-6-4-3-5-7-12/h3-7,25H,2,8-11H2,1H3,(H,19,26). The maximum Gasteiger partial charge on any atom is 0.322 e. The number of urea groups is 1. The van der Waals surface area contributed by atoms with E-state index in [0.29, 0.717) is 29.5 Å². The van der Waals surface area contributed by atoms with Crippen LogP contribution >= 0.6 is 11.5 Å². The third-order valence-corrected chi connectivity index (χ3v) is 5.35. The van der Waals surface area contributed by atoms with E-state index in [2.05, 4.69) is 20.0 Å². The van der Waals surface area contributed by atoms with Gasteiger partial charge in [0.25, 0.3) is 0 Å². The number of aliphatic hydroxyl groups excluding tert-OH is 1. The molecule has 2 N–H and O–H groups in total. The summed E-state index contributed by atoms with van der Waals surface area (Å²) in [4.78, 5) is 14.5. The first kappa shape index (κ1) is 17.6. The molecule has 2 amide bonds. The van der Waals surface area contributed by atoms with Gasteiger partial charge in [0.05, 0.1) is 18.8 Å². The van der Waals surface area contributed by atoms with Crippen molar-refractivity contribution in [1.82, 2.24) is 24.3 Å². The van der Waals surface area contributed by atoms with E-state index in [-0.39, 0.29) is 12.6 Å². The van der Waals surface area contributed by atoms with E-state index in [1.54, 1.807) is 4.90 Å².